The van der Waals surface area contributed by atoms with Crippen LogP contribution >= 0.6 is 0 Å². The number of aromatic nitrogens is 1. The lowest BCUT2D eigenvalue weighted by molar-refractivity contribution is 0.311. The van der Waals surface area contributed by atoms with Crippen molar-refractivity contribution in [2.75, 3.05) is 25.0 Å². The summed E-state index contributed by atoms with van der Waals surface area (Å²) in [7, 11) is 0. The lowest BCUT2D eigenvalue weighted by Crippen LogP contribution is -2.20. The zero-order valence-corrected chi connectivity index (χ0v) is 11.7. The molecule has 1 unspecified atom stereocenters. The van der Waals surface area contributed by atoms with Crippen LogP contribution in [0.25, 0.3) is 0 Å². The van der Waals surface area contributed by atoms with Crippen LogP contribution in [0.15, 0.2) is 18.2 Å². The number of rotatable bonds is 6. The molecule has 1 aliphatic rings. The fraction of sp³-hybridized carbons (Fsp3) is 0.667. The Morgan fingerprint density at radius 3 is 3.00 bits per heavy atom. The minimum Gasteiger partial charge on any atom is -0.370 e. The molecule has 0 spiro atoms. The Hall–Kier alpha value is -1.09. The van der Waals surface area contributed by atoms with Crippen LogP contribution in [0.2, 0.25) is 0 Å². The summed E-state index contributed by atoms with van der Waals surface area (Å²) in [5.41, 5.74) is 1.19. The molecule has 1 atom stereocenters. The zero-order valence-electron chi connectivity index (χ0n) is 11.7. The summed E-state index contributed by atoms with van der Waals surface area (Å²) in [5, 5.41) is 3.35. The van der Waals surface area contributed by atoms with Crippen LogP contribution in [0.4, 0.5) is 5.82 Å². The zero-order chi connectivity index (χ0) is 12.8. The van der Waals surface area contributed by atoms with E-state index in [0.717, 1.165) is 31.2 Å². The van der Waals surface area contributed by atoms with Crippen LogP contribution in [0.5, 0.6) is 0 Å². The molecule has 0 radical (unpaired) electrons. The highest BCUT2D eigenvalue weighted by Crippen LogP contribution is 2.20. The second-order valence-corrected chi connectivity index (χ2v) is 5.24. The van der Waals surface area contributed by atoms with Gasteiger partial charge < -0.3 is 5.32 Å². The highest BCUT2D eigenvalue weighted by molar-refractivity contribution is 5.35. The van der Waals surface area contributed by atoms with Crippen LogP contribution in [0.3, 0.4) is 0 Å². The van der Waals surface area contributed by atoms with E-state index in [4.69, 9.17) is 0 Å². The molecule has 2 rings (SSSR count). The summed E-state index contributed by atoms with van der Waals surface area (Å²) in [4.78, 5) is 7.20. The first-order chi connectivity index (χ1) is 8.81. The smallest absolute Gasteiger partial charge is 0.126 e. The minimum absolute atomic E-state index is 0.895. The summed E-state index contributed by atoms with van der Waals surface area (Å²) < 4.78 is 0. The number of anilines is 1. The van der Waals surface area contributed by atoms with Gasteiger partial charge in [-0.15, -0.1) is 0 Å². The van der Waals surface area contributed by atoms with Crippen molar-refractivity contribution in [3.05, 3.63) is 23.9 Å². The SMILES string of the molecule is CCCNc1cccc(CN2CCC(CC)C2)n1. The summed E-state index contributed by atoms with van der Waals surface area (Å²) in [5.74, 6) is 1.91. The maximum atomic E-state index is 4.67. The van der Waals surface area contributed by atoms with Crippen molar-refractivity contribution >= 4 is 5.82 Å². The maximum absolute atomic E-state index is 4.67. The molecule has 100 valence electrons. The second-order valence-electron chi connectivity index (χ2n) is 5.24. The van der Waals surface area contributed by atoms with Gasteiger partial charge in [0, 0.05) is 19.6 Å². The van der Waals surface area contributed by atoms with Crippen LogP contribution in [0.1, 0.15) is 38.8 Å². The van der Waals surface area contributed by atoms with E-state index in [-0.39, 0.29) is 0 Å². The van der Waals surface area contributed by atoms with Crippen molar-refractivity contribution in [2.24, 2.45) is 5.92 Å². The lowest BCUT2D eigenvalue weighted by Gasteiger charge is -2.15. The fourth-order valence-electron chi connectivity index (χ4n) is 2.54. The standard InChI is InChI=1S/C15H25N3/c1-3-9-16-15-7-5-6-14(17-15)12-18-10-8-13(4-2)11-18/h5-7,13H,3-4,8-12H2,1-2H3,(H,16,17). The largest absolute Gasteiger partial charge is 0.370 e. The predicted molar refractivity (Wildman–Crippen MR) is 76.7 cm³/mol. The molecule has 3 nitrogen and oxygen atoms in total. The molecule has 1 aliphatic heterocycles. The van der Waals surface area contributed by atoms with Crippen molar-refractivity contribution in [1.82, 2.24) is 9.88 Å². The van der Waals surface area contributed by atoms with Gasteiger partial charge in [0.1, 0.15) is 5.82 Å². The van der Waals surface area contributed by atoms with Gasteiger partial charge in [-0.3, -0.25) is 4.90 Å². The predicted octanol–water partition coefficient (Wildman–Crippen LogP) is 3.14. The van der Waals surface area contributed by atoms with Crippen LogP contribution < -0.4 is 5.32 Å². The topological polar surface area (TPSA) is 28.2 Å². The highest BCUT2D eigenvalue weighted by atomic mass is 15.2. The second kappa shape index (κ2) is 6.74. The Balaban J connectivity index is 1.89. The average molecular weight is 247 g/mol. The van der Waals surface area contributed by atoms with Crippen molar-refractivity contribution in [3.8, 4) is 0 Å². The van der Waals surface area contributed by atoms with Gasteiger partial charge in [0.05, 0.1) is 5.69 Å². The van der Waals surface area contributed by atoms with E-state index in [1.165, 1.54) is 31.6 Å². The Morgan fingerprint density at radius 2 is 2.28 bits per heavy atom. The van der Waals surface area contributed by atoms with E-state index < -0.39 is 0 Å². The molecule has 1 aromatic heterocycles. The Bertz CT molecular complexity index is 365. The minimum atomic E-state index is 0.895. The Kier molecular flexibility index (Phi) is 5.00. The molecule has 0 amide bonds. The number of hydrogen-bond donors (Lipinski definition) is 1. The number of likely N-dealkylation sites (tertiary alicyclic amines) is 1. The third-order valence-electron chi connectivity index (χ3n) is 3.70. The fourth-order valence-corrected chi connectivity index (χ4v) is 2.54. The van der Waals surface area contributed by atoms with Gasteiger partial charge in [0.2, 0.25) is 0 Å². The van der Waals surface area contributed by atoms with Gasteiger partial charge >= 0.3 is 0 Å². The monoisotopic (exact) mass is 247 g/mol. The molecule has 1 fully saturated rings. The van der Waals surface area contributed by atoms with Gasteiger partial charge in [0.15, 0.2) is 0 Å². The summed E-state index contributed by atoms with van der Waals surface area (Å²) in [6, 6.07) is 6.29. The van der Waals surface area contributed by atoms with Crippen molar-refractivity contribution in [1.29, 1.82) is 0 Å². The quantitative estimate of drug-likeness (QED) is 0.837. The molecular formula is C15H25N3. The number of nitrogens with zero attached hydrogens (tertiary/aromatic N) is 2. The van der Waals surface area contributed by atoms with Crippen LogP contribution in [-0.2, 0) is 6.54 Å². The summed E-state index contributed by atoms with van der Waals surface area (Å²) in [6.07, 6.45) is 3.79. The number of nitrogens with one attached hydrogen (secondary N) is 1. The first-order valence-electron chi connectivity index (χ1n) is 7.24. The first kappa shape index (κ1) is 13.3. The van der Waals surface area contributed by atoms with Crippen molar-refractivity contribution in [2.45, 2.75) is 39.7 Å². The molecular weight excluding hydrogens is 222 g/mol. The molecule has 0 bridgehead atoms. The molecule has 18 heavy (non-hydrogen) atoms. The highest BCUT2D eigenvalue weighted by Gasteiger charge is 2.20. The summed E-state index contributed by atoms with van der Waals surface area (Å²) in [6.45, 7) is 8.93. The molecule has 1 N–H and O–H groups in total. The molecule has 1 saturated heterocycles. The number of hydrogen-bond acceptors (Lipinski definition) is 3. The van der Waals surface area contributed by atoms with Crippen molar-refractivity contribution in [3.63, 3.8) is 0 Å². The molecule has 0 saturated carbocycles. The lowest BCUT2D eigenvalue weighted by atomic mass is 10.1. The maximum Gasteiger partial charge on any atom is 0.126 e. The Morgan fingerprint density at radius 1 is 1.39 bits per heavy atom. The molecule has 3 heteroatoms. The van der Waals surface area contributed by atoms with E-state index in [0.29, 0.717) is 0 Å². The third-order valence-corrected chi connectivity index (χ3v) is 3.70. The Labute approximate surface area is 111 Å². The van der Waals surface area contributed by atoms with Crippen LogP contribution in [0, 0.1) is 5.92 Å². The van der Waals surface area contributed by atoms with Gasteiger partial charge in [-0.05, 0) is 37.4 Å². The van der Waals surface area contributed by atoms with Crippen molar-refractivity contribution < 1.29 is 0 Å². The van der Waals surface area contributed by atoms with E-state index in [9.17, 15) is 0 Å². The van der Waals surface area contributed by atoms with Gasteiger partial charge in [-0.1, -0.05) is 26.3 Å². The van der Waals surface area contributed by atoms with Gasteiger partial charge in [-0.2, -0.15) is 0 Å². The first-order valence-corrected chi connectivity index (χ1v) is 7.24. The van der Waals surface area contributed by atoms with Crippen LogP contribution in [-0.4, -0.2) is 29.5 Å². The van der Waals surface area contributed by atoms with Gasteiger partial charge in [0.25, 0.3) is 0 Å². The van der Waals surface area contributed by atoms with E-state index in [1.807, 2.05) is 0 Å². The molecule has 0 aliphatic carbocycles. The molecule has 0 aromatic carbocycles. The van der Waals surface area contributed by atoms with Gasteiger partial charge in [-0.25, -0.2) is 4.98 Å². The number of pyridine rings is 1. The normalized spacial score (nSPS) is 20.2. The molecule has 2 heterocycles. The third kappa shape index (κ3) is 3.70. The van der Waals surface area contributed by atoms with E-state index in [2.05, 4.69) is 47.2 Å². The average Bonchev–Trinajstić information content (AvgIpc) is 2.84. The molecule has 1 aromatic rings. The van der Waals surface area contributed by atoms with E-state index in [1.54, 1.807) is 0 Å². The van der Waals surface area contributed by atoms with E-state index >= 15 is 0 Å². The summed E-state index contributed by atoms with van der Waals surface area (Å²) >= 11 is 0.